The molecule has 0 aromatic heterocycles. The average Bonchev–Trinajstić information content (AvgIpc) is 2.69. The van der Waals surface area contributed by atoms with Gasteiger partial charge in [0.2, 0.25) is 0 Å². The monoisotopic (exact) mass is 464 g/mol. The minimum atomic E-state index is -0.584. The number of anilines is 1. The lowest BCUT2D eigenvalue weighted by atomic mass is 10.1. The molecule has 7 heteroatoms. The number of rotatable bonds is 5. The number of nitrogens with zero attached hydrogens (tertiary/aromatic N) is 2. The van der Waals surface area contributed by atoms with Crippen LogP contribution in [0.4, 0.5) is 5.69 Å². The molecule has 2 aromatic carbocycles. The third kappa shape index (κ3) is 4.86. The van der Waals surface area contributed by atoms with Gasteiger partial charge < -0.3 is 14.5 Å². The molecule has 5 nitrogen and oxygen atoms in total. The van der Waals surface area contributed by atoms with Crippen LogP contribution in [0.5, 0.6) is 5.75 Å². The third-order valence-corrected chi connectivity index (χ3v) is 5.63. The Balaban J connectivity index is 1.56. The molecule has 2 aromatic rings. The van der Waals surface area contributed by atoms with E-state index in [4.69, 9.17) is 16.3 Å². The third-order valence-electron chi connectivity index (χ3n) is 4.78. The molecular formula is C21H22BrClN2O3. The summed E-state index contributed by atoms with van der Waals surface area (Å²) in [5.74, 6) is 0.617. The maximum absolute atomic E-state index is 12.7. The molecule has 1 heterocycles. The normalized spacial score (nSPS) is 15.3. The van der Waals surface area contributed by atoms with Crippen molar-refractivity contribution in [3.63, 3.8) is 0 Å². The molecule has 0 bridgehead atoms. The second kappa shape index (κ2) is 8.97. The van der Waals surface area contributed by atoms with Crippen molar-refractivity contribution in [3.8, 4) is 5.75 Å². The number of piperazine rings is 1. The Morgan fingerprint density at radius 1 is 1.07 bits per heavy atom. The molecule has 3 rings (SSSR count). The Hall–Kier alpha value is -2.05. The van der Waals surface area contributed by atoms with Gasteiger partial charge in [0, 0.05) is 42.5 Å². The maximum Gasteiger partial charge on any atom is 0.263 e. The van der Waals surface area contributed by atoms with Crippen LogP contribution >= 0.6 is 27.5 Å². The molecule has 1 unspecified atom stereocenters. The predicted molar refractivity (Wildman–Crippen MR) is 114 cm³/mol. The van der Waals surface area contributed by atoms with Gasteiger partial charge in [0.05, 0.1) is 4.47 Å². The molecular weight excluding hydrogens is 444 g/mol. The van der Waals surface area contributed by atoms with Gasteiger partial charge in [0.1, 0.15) is 5.75 Å². The minimum absolute atomic E-state index is 0.0339. The predicted octanol–water partition coefficient (Wildman–Crippen LogP) is 4.42. The van der Waals surface area contributed by atoms with E-state index in [0.29, 0.717) is 29.4 Å². The Morgan fingerprint density at radius 3 is 2.29 bits per heavy atom. The highest BCUT2D eigenvalue weighted by Gasteiger charge is 2.26. The lowest BCUT2D eigenvalue weighted by molar-refractivity contribution is -0.138. The highest BCUT2D eigenvalue weighted by atomic mass is 79.9. The molecule has 1 saturated heterocycles. The fourth-order valence-electron chi connectivity index (χ4n) is 3.16. The van der Waals surface area contributed by atoms with Crippen molar-refractivity contribution in [2.75, 3.05) is 31.1 Å². The fourth-order valence-corrected chi connectivity index (χ4v) is 3.94. The van der Waals surface area contributed by atoms with Crippen LogP contribution < -0.4 is 9.64 Å². The van der Waals surface area contributed by atoms with Crippen LogP contribution in [0.2, 0.25) is 5.02 Å². The first-order valence-electron chi connectivity index (χ1n) is 9.11. The second-order valence-electron chi connectivity index (χ2n) is 6.75. The quantitative estimate of drug-likeness (QED) is 0.613. The van der Waals surface area contributed by atoms with Crippen molar-refractivity contribution < 1.29 is 14.3 Å². The van der Waals surface area contributed by atoms with Crippen molar-refractivity contribution in [2.45, 2.75) is 20.0 Å². The van der Waals surface area contributed by atoms with E-state index in [1.165, 1.54) is 0 Å². The summed E-state index contributed by atoms with van der Waals surface area (Å²) in [6, 6.07) is 12.8. The summed E-state index contributed by atoms with van der Waals surface area (Å²) in [6.07, 6.45) is -0.584. The summed E-state index contributed by atoms with van der Waals surface area (Å²) < 4.78 is 6.54. The number of hydrogen-bond donors (Lipinski definition) is 0. The van der Waals surface area contributed by atoms with Gasteiger partial charge in [0.25, 0.3) is 5.91 Å². The van der Waals surface area contributed by atoms with Crippen LogP contribution in [-0.4, -0.2) is 48.9 Å². The number of ketones is 1. The summed E-state index contributed by atoms with van der Waals surface area (Å²) in [7, 11) is 0. The SMILES string of the molecule is CC(=O)c1ccc(N2CCN(C(=O)C(C)Oc3ccc(Cl)cc3Br)CC2)cc1. The van der Waals surface area contributed by atoms with Crippen LogP contribution in [0.3, 0.4) is 0 Å². The molecule has 0 saturated carbocycles. The summed E-state index contributed by atoms with van der Waals surface area (Å²) in [6.45, 7) is 6.05. The first-order valence-corrected chi connectivity index (χ1v) is 10.3. The molecule has 28 heavy (non-hydrogen) atoms. The van der Waals surface area contributed by atoms with E-state index in [9.17, 15) is 9.59 Å². The van der Waals surface area contributed by atoms with Crippen LogP contribution in [0.15, 0.2) is 46.9 Å². The number of ether oxygens (including phenoxy) is 1. The van der Waals surface area contributed by atoms with Crippen molar-refractivity contribution in [2.24, 2.45) is 0 Å². The summed E-state index contributed by atoms with van der Waals surface area (Å²) in [5, 5.41) is 0.602. The highest BCUT2D eigenvalue weighted by Crippen LogP contribution is 2.29. The summed E-state index contributed by atoms with van der Waals surface area (Å²) >= 11 is 9.35. The molecule has 1 fully saturated rings. The standard InChI is InChI=1S/C21H22BrClN2O3/c1-14(26)16-3-6-18(7-4-16)24-9-11-25(12-10-24)21(27)15(2)28-20-8-5-17(23)13-19(20)22/h3-8,13,15H,9-12H2,1-2H3. The van der Waals surface area contributed by atoms with E-state index in [1.807, 2.05) is 29.2 Å². The number of Topliss-reactive ketones (excluding diaryl/α,β-unsaturated/α-hetero) is 1. The lowest BCUT2D eigenvalue weighted by Crippen LogP contribution is -2.52. The van der Waals surface area contributed by atoms with Crippen molar-refractivity contribution in [1.29, 1.82) is 0 Å². The van der Waals surface area contributed by atoms with E-state index in [1.54, 1.807) is 32.0 Å². The number of halogens is 2. The summed E-state index contributed by atoms with van der Waals surface area (Å²) in [5.41, 5.74) is 1.77. The molecule has 0 N–H and O–H groups in total. The van der Waals surface area contributed by atoms with Crippen LogP contribution in [0.25, 0.3) is 0 Å². The van der Waals surface area contributed by atoms with Gasteiger partial charge >= 0.3 is 0 Å². The van der Waals surface area contributed by atoms with E-state index in [-0.39, 0.29) is 11.7 Å². The van der Waals surface area contributed by atoms with Gasteiger partial charge in [-0.3, -0.25) is 9.59 Å². The number of carbonyl (C=O) groups excluding carboxylic acids is 2. The maximum atomic E-state index is 12.7. The first kappa shape index (κ1) is 20.7. The lowest BCUT2D eigenvalue weighted by Gasteiger charge is -2.37. The Morgan fingerprint density at radius 2 is 1.71 bits per heavy atom. The topological polar surface area (TPSA) is 49.9 Å². The van der Waals surface area contributed by atoms with E-state index in [2.05, 4.69) is 20.8 Å². The van der Waals surface area contributed by atoms with E-state index in [0.717, 1.165) is 23.2 Å². The van der Waals surface area contributed by atoms with Crippen molar-refractivity contribution in [3.05, 3.63) is 57.5 Å². The van der Waals surface area contributed by atoms with E-state index >= 15 is 0 Å². The Kier molecular flexibility index (Phi) is 6.62. The highest BCUT2D eigenvalue weighted by molar-refractivity contribution is 9.10. The van der Waals surface area contributed by atoms with Crippen molar-refractivity contribution >= 4 is 44.9 Å². The second-order valence-corrected chi connectivity index (χ2v) is 8.04. The molecule has 0 spiro atoms. The minimum Gasteiger partial charge on any atom is -0.480 e. The molecule has 1 aliphatic heterocycles. The molecule has 1 atom stereocenters. The molecule has 0 radical (unpaired) electrons. The molecule has 1 amide bonds. The van der Waals surface area contributed by atoms with E-state index < -0.39 is 6.10 Å². The zero-order chi connectivity index (χ0) is 20.3. The first-order chi connectivity index (χ1) is 13.3. The smallest absolute Gasteiger partial charge is 0.263 e. The number of carbonyl (C=O) groups is 2. The van der Waals surface area contributed by atoms with Gasteiger partial charge in [-0.1, -0.05) is 11.6 Å². The van der Waals surface area contributed by atoms with Gasteiger partial charge in [-0.2, -0.15) is 0 Å². The van der Waals surface area contributed by atoms with Gasteiger partial charge in [-0.05, 0) is 72.2 Å². The summed E-state index contributed by atoms with van der Waals surface area (Å²) in [4.78, 5) is 28.2. The molecule has 1 aliphatic rings. The van der Waals surface area contributed by atoms with Crippen LogP contribution in [0.1, 0.15) is 24.2 Å². The fraction of sp³-hybridized carbons (Fsp3) is 0.333. The number of hydrogen-bond acceptors (Lipinski definition) is 4. The van der Waals surface area contributed by atoms with Crippen LogP contribution in [-0.2, 0) is 4.79 Å². The zero-order valence-electron chi connectivity index (χ0n) is 15.8. The van der Waals surface area contributed by atoms with Gasteiger partial charge in [0.15, 0.2) is 11.9 Å². The average molecular weight is 466 g/mol. The Labute approximate surface area is 178 Å². The van der Waals surface area contributed by atoms with Gasteiger partial charge in [-0.25, -0.2) is 0 Å². The molecule has 0 aliphatic carbocycles. The number of amides is 1. The van der Waals surface area contributed by atoms with Gasteiger partial charge in [-0.15, -0.1) is 0 Å². The zero-order valence-corrected chi connectivity index (χ0v) is 18.2. The van der Waals surface area contributed by atoms with Crippen molar-refractivity contribution in [1.82, 2.24) is 4.90 Å². The van der Waals surface area contributed by atoms with Crippen LogP contribution in [0, 0.1) is 0 Å². The number of benzene rings is 2. The Bertz CT molecular complexity index is 864. The molecule has 148 valence electrons. The largest absolute Gasteiger partial charge is 0.480 e.